The average Bonchev–Trinajstić information content (AvgIpc) is 3.45. The van der Waals surface area contributed by atoms with Crippen molar-refractivity contribution in [2.75, 3.05) is 26.8 Å². The normalized spacial score (nSPS) is 16.2. The molecule has 0 radical (unpaired) electrons. The number of hydrogen-bond acceptors (Lipinski definition) is 7. The second-order valence-corrected chi connectivity index (χ2v) is 6.99. The summed E-state index contributed by atoms with van der Waals surface area (Å²) in [5, 5.41) is 4.28. The van der Waals surface area contributed by atoms with E-state index in [1.165, 1.54) is 12.5 Å². The monoisotopic (exact) mass is 382 g/mol. The molecule has 1 fully saturated rings. The van der Waals surface area contributed by atoms with Gasteiger partial charge in [-0.3, -0.25) is 9.78 Å². The number of likely N-dealkylation sites (tertiary alicyclic amines) is 1. The second kappa shape index (κ2) is 7.93. The summed E-state index contributed by atoms with van der Waals surface area (Å²) in [7, 11) is 1.68. The molecule has 1 aliphatic rings. The van der Waals surface area contributed by atoms with Gasteiger partial charge in [-0.2, -0.15) is 4.98 Å². The molecule has 1 saturated heterocycles. The van der Waals surface area contributed by atoms with Crippen molar-refractivity contribution in [2.24, 2.45) is 0 Å². The van der Waals surface area contributed by atoms with Crippen LogP contribution in [0.5, 0.6) is 0 Å². The number of amides is 1. The first-order valence-electron chi connectivity index (χ1n) is 9.27. The summed E-state index contributed by atoms with van der Waals surface area (Å²) in [5.41, 5.74) is 1.13. The fraction of sp³-hybridized carbons (Fsp3) is 0.400. The molecule has 1 amide bonds. The highest BCUT2D eigenvalue weighted by atomic mass is 16.5. The molecule has 0 spiro atoms. The topological polar surface area (TPSA) is 94.5 Å². The molecular weight excluding hydrogens is 360 g/mol. The zero-order valence-corrected chi connectivity index (χ0v) is 15.7. The van der Waals surface area contributed by atoms with Gasteiger partial charge in [0.25, 0.3) is 11.8 Å². The molecule has 0 atom stereocenters. The lowest BCUT2D eigenvalue weighted by molar-refractivity contribution is 0.0615. The van der Waals surface area contributed by atoms with Crippen molar-refractivity contribution in [3.63, 3.8) is 0 Å². The minimum Gasteiger partial charge on any atom is -0.472 e. The molecule has 146 valence electrons. The number of hydrogen-bond donors (Lipinski definition) is 0. The van der Waals surface area contributed by atoms with E-state index in [2.05, 4.69) is 15.1 Å². The van der Waals surface area contributed by atoms with Gasteiger partial charge in [0.2, 0.25) is 0 Å². The molecule has 0 aromatic carbocycles. The number of carbonyl (C=O) groups excluding carboxylic acids is 1. The highest BCUT2D eigenvalue weighted by Gasteiger charge is 2.41. The first-order chi connectivity index (χ1) is 13.7. The predicted octanol–water partition coefficient (Wildman–Crippen LogP) is 2.94. The lowest BCUT2D eigenvalue weighted by Gasteiger charge is -2.39. The summed E-state index contributed by atoms with van der Waals surface area (Å²) >= 11 is 0. The molecular formula is C20H22N4O4. The molecule has 3 aromatic rings. The van der Waals surface area contributed by atoms with Gasteiger partial charge in [0.1, 0.15) is 6.26 Å². The SMILES string of the molecule is COCCC1(c2noc(-c3ccncc3)n2)CCN(C(=O)c2ccoc2)CC1. The summed E-state index contributed by atoms with van der Waals surface area (Å²) < 4.78 is 15.9. The van der Waals surface area contributed by atoms with E-state index in [-0.39, 0.29) is 11.3 Å². The van der Waals surface area contributed by atoms with Crippen LogP contribution in [0.15, 0.2) is 52.1 Å². The fourth-order valence-electron chi connectivity index (χ4n) is 3.64. The van der Waals surface area contributed by atoms with Crippen LogP contribution in [0.1, 0.15) is 35.4 Å². The van der Waals surface area contributed by atoms with Gasteiger partial charge in [-0.25, -0.2) is 0 Å². The minimum absolute atomic E-state index is 0.0142. The third-order valence-corrected chi connectivity index (χ3v) is 5.39. The zero-order valence-electron chi connectivity index (χ0n) is 15.7. The van der Waals surface area contributed by atoms with Gasteiger partial charge in [-0.1, -0.05) is 5.16 Å². The van der Waals surface area contributed by atoms with Crippen LogP contribution in [0.4, 0.5) is 0 Å². The number of methoxy groups -OCH3 is 1. The van der Waals surface area contributed by atoms with Gasteiger partial charge in [0.05, 0.1) is 11.8 Å². The summed E-state index contributed by atoms with van der Waals surface area (Å²) in [6, 6.07) is 5.37. The number of rotatable bonds is 6. The molecule has 8 nitrogen and oxygen atoms in total. The summed E-state index contributed by atoms with van der Waals surface area (Å²) in [4.78, 5) is 23.1. The summed E-state index contributed by atoms with van der Waals surface area (Å²) in [6.07, 6.45) is 8.64. The standard InChI is InChI=1S/C20H22N4O4/c1-26-13-7-20(19-22-17(28-23-19)15-2-8-21-9-3-15)5-10-24(11-6-20)18(25)16-4-12-27-14-16/h2-4,8-9,12,14H,5-7,10-11,13H2,1H3. The Labute approximate surface area is 162 Å². The molecule has 0 saturated carbocycles. The largest absolute Gasteiger partial charge is 0.472 e. The van der Waals surface area contributed by atoms with Gasteiger partial charge >= 0.3 is 0 Å². The third-order valence-electron chi connectivity index (χ3n) is 5.39. The van der Waals surface area contributed by atoms with Crippen molar-refractivity contribution in [3.05, 3.63) is 54.5 Å². The molecule has 0 unspecified atom stereocenters. The van der Waals surface area contributed by atoms with Gasteiger partial charge in [-0.05, 0) is 37.5 Å². The van der Waals surface area contributed by atoms with Crippen molar-refractivity contribution in [1.82, 2.24) is 20.0 Å². The van der Waals surface area contributed by atoms with Crippen LogP contribution in [-0.2, 0) is 10.2 Å². The molecule has 1 aliphatic heterocycles. The van der Waals surface area contributed by atoms with E-state index in [0.717, 1.165) is 24.8 Å². The van der Waals surface area contributed by atoms with Gasteiger partial charge in [0.15, 0.2) is 5.82 Å². The smallest absolute Gasteiger partial charge is 0.258 e. The number of nitrogens with zero attached hydrogens (tertiary/aromatic N) is 4. The number of furan rings is 1. The maximum absolute atomic E-state index is 12.6. The van der Waals surface area contributed by atoms with Crippen molar-refractivity contribution in [1.29, 1.82) is 0 Å². The average molecular weight is 382 g/mol. The second-order valence-electron chi connectivity index (χ2n) is 6.99. The van der Waals surface area contributed by atoms with E-state index < -0.39 is 0 Å². The minimum atomic E-state index is -0.280. The maximum atomic E-state index is 12.6. The first kappa shape index (κ1) is 18.4. The van der Waals surface area contributed by atoms with E-state index in [9.17, 15) is 4.79 Å². The Morgan fingerprint density at radius 3 is 2.71 bits per heavy atom. The van der Waals surface area contributed by atoms with E-state index in [1.807, 2.05) is 17.0 Å². The lowest BCUT2D eigenvalue weighted by Crippen LogP contribution is -2.46. The van der Waals surface area contributed by atoms with E-state index in [1.54, 1.807) is 25.6 Å². The van der Waals surface area contributed by atoms with Crippen molar-refractivity contribution < 1.29 is 18.5 Å². The van der Waals surface area contributed by atoms with Crippen LogP contribution in [0.3, 0.4) is 0 Å². The van der Waals surface area contributed by atoms with Crippen LogP contribution in [0, 0.1) is 0 Å². The number of carbonyl (C=O) groups is 1. The Morgan fingerprint density at radius 2 is 2.04 bits per heavy atom. The highest BCUT2D eigenvalue weighted by Crippen LogP contribution is 2.38. The Hall–Kier alpha value is -3.00. The van der Waals surface area contributed by atoms with Crippen molar-refractivity contribution in [3.8, 4) is 11.5 Å². The Kier molecular flexibility index (Phi) is 5.21. The summed E-state index contributed by atoms with van der Waals surface area (Å²) in [6.45, 7) is 1.83. The number of piperidine rings is 1. The Morgan fingerprint density at radius 1 is 1.25 bits per heavy atom. The molecule has 8 heteroatoms. The van der Waals surface area contributed by atoms with Crippen LogP contribution in [-0.4, -0.2) is 52.7 Å². The maximum Gasteiger partial charge on any atom is 0.258 e. The summed E-state index contributed by atoms with van der Waals surface area (Å²) in [5.74, 6) is 1.14. The van der Waals surface area contributed by atoms with Crippen LogP contribution < -0.4 is 0 Å². The van der Waals surface area contributed by atoms with Gasteiger partial charge in [-0.15, -0.1) is 0 Å². The molecule has 0 N–H and O–H groups in total. The van der Waals surface area contributed by atoms with Crippen molar-refractivity contribution >= 4 is 5.91 Å². The highest BCUT2D eigenvalue weighted by molar-refractivity contribution is 5.93. The van der Waals surface area contributed by atoms with E-state index >= 15 is 0 Å². The molecule has 0 aliphatic carbocycles. The van der Waals surface area contributed by atoms with Crippen LogP contribution >= 0.6 is 0 Å². The molecule has 0 bridgehead atoms. The lowest BCUT2D eigenvalue weighted by atomic mass is 9.75. The molecule has 4 rings (SSSR count). The number of aromatic nitrogens is 3. The third kappa shape index (κ3) is 3.55. The number of pyridine rings is 1. The van der Waals surface area contributed by atoms with E-state index in [4.69, 9.17) is 13.7 Å². The van der Waals surface area contributed by atoms with Crippen LogP contribution in [0.25, 0.3) is 11.5 Å². The molecule has 3 aromatic heterocycles. The number of ether oxygens (including phenoxy) is 1. The predicted molar refractivity (Wildman–Crippen MR) is 99.5 cm³/mol. The van der Waals surface area contributed by atoms with Gasteiger partial charge in [0, 0.05) is 50.2 Å². The fourth-order valence-corrected chi connectivity index (χ4v) is 3.64. The molecule has 28 heavy (non-hydrogen) atoms. The molecule has 4 heterocycles. The van der Waals surface area contributed by atoms with Gasteiger partial charge < -0.3 is 18.6 Å². The quantitative estimate of drug-likeness (QED) is 0.647. The first-order valence-corrected chi connectivity index (χ1v) is 9.27. The van der Waals surface area contributed by atoms with Crippen LogP contribution in [0.2, 0.25) is 0 Å². The van der Waals surface area contributed by atoms with Crippen molar-refractivity contribution in [2.45, 2.75) is 24.7 Å². The van der Waals surface area contributed by atoms with E-state index in [0.29, 0.717) is 37.0 Å². The Balaban J connectivity index is 1.54. The zero-order chi connectivity index (χ0) is 19.4. The Bertz CT molecular complexity index is 899.